The zero-order valence-electron chi connectivity index (χ0n) is 10.2. The van der Waals surface area contributed by atoms with Crippen molar-refractivity contribution in [3.05, 3.63) is 47.1 Å². The molecular weight excluding hydrogens is 274 g/mol. The van der Waals surface area contributed by atoms with Crippen LogP contribution in [0.1, 0.15) is 17.3 Å². The van der Waals surface area contributed by atoms with Gasteiger partial charge in [-0.3, -0.25) is 0 Å². The summed E-state index contributed by atoms with van der Waals surface area (Å²) in [5.41, 5.74) is 0.362. The van der Waals surface area contributed by atoms with Crippen LogP contribution in [-0.2, 0) is 22.6 Å². The molecule has 2 aromatic rings. The van der Waals surface area contributed by atoms with E-state index in [0.29, 0.717) is 5.56 Å². The minimum Gasteiger partial charge on any atom is -0.480 e. The smallest absolute Gasteiger partial charge is 0.329 e. The summed E-state index contributed by atoms with van der Waals surface area (Å²) < 4.78 is 35.6. The van der Waals surface area contributed by atoms with Crippen LogP contribution in [0.25, 0.3) is 0 Å². The highest BCUT2D eigenvalue weighted by atomic mass is 19.1. The summed E-state index contributed by atoms with van der Waals surface area (Å²) in [5, 5.41) is 12.0. The molecule has 1 N–H and O–H groups in total. The van der Waals surface area contributed by atoms with E-state index in [1.807, 2.05) is 0 Å². The Labute approximate surface area is 112 Å². The second kappa shape index (κ2) is 6.20. The molecule has 0 aliphatic heterocycles. The molecule has 0 saturated heterocycles. The average Bonchev–Trinajstić information content (AvgIpc) is 2.74. The summed E-state index contributed by atoms with van der Waals surface area (Å²) in [6.07, 6.45) is 0.0944. The molecule has 0 bridgehead atoms. The van der Waals surface area contributed by atoms with Crippen LogP contribution in [0.3, 0.4) is 0 Å². The first kappa shape index (κ1) is 14.1. The van der Waals surface area contributed by atoms with Gasteiger partial charge in [-0.05, 0) is 17.7 Å². The van der Waals surface area contributed by atoms with Crippen LogP contribution >= 0.6 is 0 Å². The molecule has 0 spiro atoms. The summed E-state index contributed by atoms with van der Waals surface area (Å²) in [6.45, 7) is -0.621. The number of carboxylic acid groups (broad SMARTS) is 1. The molecule has 1 aromatic carbocycles. The standard InChI is InChI=1S/C12H10F2N2O4/c13-8-1-7(2-9(14)4-8)3-10-15-11(20-16-10)5-19-6-12(17)18/h1-2,4H,3,5-6H2,(H,17,18). The average molecular weight is 284 g/mol. The summed E-state index contributed by atoms with van der Waals surface area (Å²) in [4.78, 5) is 14.2. The number of rotatable bonds is 6. The van der Waals surface area contributed by atoms with E-state index in [9.17, 15) is 13.6 Å². The highest BCUT2D eigenvalue weighted by Gasteiger charge is 2.09. The Hall–Kier alpha value is -2.35. The van der Waals surface area contributed by atoms with Crippen molar-refractivity contribution in [1.29, 1.82) is 0 Å². The molecule has 8 heteroatoms. The fourth-order valence-electron chi connectivity index (χ4n) is 1.54. The van der Waals surface area contributed by atoms with Gasteiger partial charge < -0.3 is 14.4 Å². The molecular formula is C12H10F2N2O4. The topological polar surface area (TPSA) is 85.5 Å². The van der Waals surface area contributed by atoms with Gasteiger partial charge in [0.15, 0.2) is 5.82 Å². The van der Waals surface area contributed by atoms with E-state index in [1.54, 1.807) is 0 Å². The Morgan fingerprint density at radius 3 is 2.65 bits per heavy atom. The maximum Gasteiger partial charge on any atom is 0.329 e. The SMILES string of the molecule is O=C(O)COCc1nc(Cc2cc(F)cc(F)c2)no1. The lowest BCUT2D eigenvalue weighted by Crippen LogP contribution is -2.06. The number of nitrogens with zero attached hydrogens (tertiary/aromatic N) is 2. The predicted octanol–water partition coefficient (Wildman–Crippen LogP) is 1.54. The fraction of sp³-hybridized carbons (Fsp3) is 0.250. The first-order chi connectivity index (χ1) is 9.52. The predicted molar refractivity (Wildman–Crippen MR) is 60.8 cm³/mol. The molecule has 0 fully saturated rings. The highest BCUT2D eigenvalue weighted by Crippen LogP contribution is 2.12. The molecule has 0 saturated carbocycles. The fourth-order valence-corrected chi connectivity index (χ4v) is 1.54. The first-order valence-electron chi connectivity index (χ1n) is 5.59. The number of carboxylic acids is 1. The molecule has 20 heavy (non-hydrogen) atoms. The molecule has 2 rings (SSSR count). The molecule has 1 heterocycles. The van der Waals surface area contributed by atoms with Crippen molar-refractivity contribution < 1.29 is 27.9 Å². The zero-order valence-corrected chi connectivity index (χ0v) is 10.2. The third-order valence-electron chi connectivity index (χ3n) is 2.25. The number of ether oxygens (including phenoxy) is 1. The van der Waals surface area contributed by atoms with Crippen LogP contribution in [0.15, 0.2) is 22.7 Å². The quantitative estimate of drug-likeness (QED) is 0.866. The number of aliphatic carboxylic acids is 1. The molecule has 0 aliphatic rings. The van der Waals surface area contributed by atoms with Gasteiger partial charge >= 0.3 is 5.97 Å². The largest absolute Gasteiger partial charge is 0.480 e. The van der Waals surface area contributed by atoms with E-state index >= 15 is 0 Å². The number of benzene rings is 1. The summed E-state index contributed by atoms with van der Waals surface area (Å²) in [5.74, 6) is -2.16. The van der Waals surface area contributed by atoms with Gasteiger partial charge in [0.2, 0.25) is 0 Å². The number of hydrogen-bond donors (Lipinski definition) is 1. The zero-order chi connectivity index (χ0) is 14.5. The number of hydrogen-bond acceptors (Lipinski definition) is 5. The van der Waals surface area contributed by atoms with Crippen LogP contribution in [0.4, 0.5) is 8.78 Å². The summed E-state index contributed by atoms with van der Waals surface area (Å²) in [6, 6.07) is 3.10. The molecule has 6 nitrogen and oxygen atoms in total. The first-order valence-corrected chi connectivity index (χ1v) is 5.59. The normalized spacial score (nSPS) is 10.7. The van der Waals surface area contributed by atoms with Gasteiger partial charge in [0.25, 0.3) is 5.89 Å². The molecule has 106 valence electrons. The lowest BCUT2D eigenvalue weighted by atomic mass is 10.1. The molecule has 0 unspecified atom stereocenters. The third-order valence-corrected chi connectivity index (χ3v) is 2.25. The van der Waals surface area contributed by atoms with E-state index in [2.05, 4.69) is 10.1 Å². The number of carbonyl (C=O) groups is 1. The van der Waals surface area contributed by atoms with Crippen LogP contribution in [0.5, 0.6) is 0 Å². The molecule has 0 amide bonds. The summed E-state index contributed by atoms with van der Waals surface area (Å²) in [7, 11) is 0. The van der Waals surface area contributed by atoms with E-state index in [4.69, 9.17) is 14.4 Å². The van der Waals surface area contributed by atoms with Gasteiger partial charge in [-0.25, -0.2) is 13.6 Å². The molecule has 1 aromatic heterocycles. The van der Waals surface area contributed by atoms with Crippen molar-refractivity contribution in [3.63, 3.8) is 0 Å². The van der Waals surface area contributed by atoms with Crippen molar-refractivity contribution in [3.8, 4) is 0 Å². The Morgan fingerprint density at radius 2 is 2.00 bits per heavy atom. The molecule has 0 atom stereocenters. The van der Waals surface area contributed by atoms with Crippen molar-refractivity contribution in [2.75, 3.05) is 6.61 Å². The van der Waals surface area contributed by atoms with Crippen LogP contribution in [0, 0.1) is 11.6 Å². The van der Waals surface area contributed by atoms with E-state index in [0.717, 1.165) is 6.07 Å². The monoisotopic (exact) mass is 284 g/mol. The highest BCUT2D eigenvalue weighted by molar-refractivity contribution is 5.67. The van der Waals surface area contributed by atoms with E-state index < -0.39 is 24.2 Å². The minimum absolute atomic E-state index is 0.0944. The number of halogens is 2. The third kappa shape index (κ3) is 4.09. The van der Waals surface area contributed by atoms with Gasteiger partial charge in [0, 0.05) is 12.5 Å². The summed E-state index contributed by atoms with van der Waals surface area (Å²) >= 11 is 0. The van der Waals surface area contributed by atoms with Crippen molar-refractivity contribution in [2.24, 2.45) is 0 Å². The minimum atomic E-state index is -1.11. The second-order valence-corrected chi connectivity index (χ2v) is 3.95. The maximum absolute atomic E-state index is 13.0. The van der Waals surface area contributed by atoms with Crippen LogP contribution in [0.2, 0.25) is 0 Å². The lowest BCUT2D eigenvalue weighted by molar-refractivity contribution is -0.142. The van der Waals surface area contributed by atoms with E-state index in [1.165, 1.54) is 12.1 Å². The van der Waals surface area contributed by atoms with Crippen LogP contribution < -0.4 is 0 Å². The number of aromatic nitrogens is 2. The second-order valence-electron chi connectivity index (χ2n) is 3.95. The Balaban J connectivity index is 1.96. The van der Waals surface area contributed by atoms with Gasteiger partial charge in [-0.2, -0.15) is 4.98 Å². The Morgan fingerprint density at radius 1 is 1.30 bits per heavy atom. The van der Waals surface area contributed by atoms with Crippen molar-refractivity contribution >= 4 is 5.97 Å². The van der Waals surface area contributed by atoms with Gasteiger partial charge in [0.1, 0.15) is 24.8 Å². The van der Waals surface area contributed by atoms with Gasteiger partial charge in [-0.1, -0.05) is 5.16 Å². The molecule has 0 aliphatic carbocycles. The Bertz CT molecular complexity index is 595. The Kier molecular flexibility index (Phi) is 4.36. The van der Waals surface area contributed by atoms with Crippen molar-refractivity contribution in [2.45, 2.75) is 13.0 Å². The van der Waals surface area contributed by atoms with E-state index in [-0.39, 0.29) is 24.7 Å². The van der Waals surface area contributed by atoms with Gasteiger partial charge in [0.05, 0.1) is 0 Å². The maximum atomic E-state index is 13.0. The molecule has 0 radical (unpaired) electrons. The lowest BCUT2D eigenvalue weighted by Gasteiger charge is -1.98. The van der Waals surface area contributed by atoms with Crippen LogP contribution in [-0.4, -0.2) is 27.8 Å². The van der Waals surface area contributed by atoms with Crippen molar-refractivity contribution in [1.82, 2.24) is 10.1 Å². The van der Waals surface area contributed by atoms with Gasteiger partial charge in [-0.15, -0.1) is 0 Å².